The van der Waals surface area contributed by atoms with Crippen LogP contribution in [0, 0.1) is 0 Å². The van der Waals surface area contributed by atoms with Crippen LogP contribution >= 0.6 is 43.5 Å². The normalized spacial score (nSPS) is 12.6. The lowest BCUT2D eigenvalue weighted by Gasteiger charge is -2.08. The fraction of sp³-hybridized carbons (Fsp3) is 0.125. The summed E-state index contributed by atoms with van der Waals surface area (Å²) >= 11 is 12.8. The monoisotopic (exact) mass is 444 g/mol. The van der Waals surface area contributed by atoms with Crippen molar-refractivity contribution in [1.82, 2.24) is 0 Å². The highest BCUT2D eigenvalue weighted by atomic mass is 79.9. The predicted molar refractivity (Wildman–Crippen MR) is 93.7 cm³/mol. The van der Waals surface area contributed by atoms with Crippen LogP contribution in [-0.4, -0.2) is 12.2 Å². The molecule has 0 aliphatic heterocycles. The molecule has 114 valence electrons. The topological polar surface area (TPSA) is 42.6 Å². The van der Waals surface area contributed by atoms with Gasteiger partial charge in [-0.25, -0.2) is 0 Å². The number of hydrogen-bond acceptors (Lipinski definition) is 3. The number of hydrogen-bond donors (Lipinski definition) is 1. The van der Waals surface area contributed by atoms with Crippen LogP contribution in [0.15, 0.2) is 49.8 Å². The second-order valence-electron chi connectivity index (χ2n) is 4.73. The second-order valence-corrected chi connectivity index (χ2v) is 6.81. The van der Waals surface area contributed by atoms with E-state index in [0.29, 0.717) is 32.2 Å². The number of ether oxygens (including phenoxy) is 1. The molecule has 1 unspecified atom stereocenters. The number of halogens is 3. The molecule has 0 saturated heterocycles. The van der Waals surface area contributed by atoms with Gasteiger partial charge < -0.3 is 14.3 Å². The molecular formula is C16H11Br2ClO3. The SMILES string of the molecule is COc1c(Br)cc2cc(C(O)c3ccc(Cl)cc3)oc2c1Br. The van der Waals surface area contributed by atoms with E-state index in [2.05, 4.69) is 31.9 Å². The minimum absolute atomic E-state index is 0.457. The first-order valence-corrected chi connectivity index (χ1v) is 8.36. The molecule has 0 amide bonds. The van der Waals surface area contributed by atoms with Gasteiger partial charge in [-0.05, 0) is 61.7 Å². The first kappa shape index (κ1) is 15.9. The molecule has 1 heterocycles. The summed E-state index contributed by atoms with van der Waals surface area (Å²) in [5, 5.41) is 12.0. The smallest absolute Gasteiger partial charge is 0.152 e. The Kier molecular flexibility index (Phi) is 4.50. The van der Waals surface area contributed by atoms with Crippen molar-refractivity contribution in [3.63, 3.8) is 0 Å². The standard InChI is InChI=1S/C16H11Br2ClO3/c1-21-16-11(17)6-9-7-12(22-15(9)13(16)18)14(20)8-2-4-10(19)5-3-8/h2-7,14,20H,1H3. The minimum Gasteiger partial charge on any atom is -0.494 e. The van der Waals surface area contributed by atoms with E-state index in [1.54, 1.807) is 31.4 Å². The summed E-state index contributed by atoms with van der Waals surface area (Å²) in [5.74, 6) is 1.10. The van der Waals surface area contributed by atoms with Crippen molar-refractivity contribution in [3.05, 3.63) is 61.7 Å². The lowest BCUT2D eigenvalue weighted by atomic mass is 10.1. The molecule has 1 N–H and O–H groups in total. The summed E-state index contributed by atoms with van der Waals surface area (Å²) in [4.78, 5) is 0. The third-order valence-corrected chi connectivity index (χ3v) is 4.90. The van der Waals surface area contributed by atoms with E-state index >= 15 is 0 Å². The number of fused-ring (bicyclic) bond motifs is 1. The first-order valence-electron chi connectivity index (χ1n) is 6.40. The Labute approximate surface area is 149 Å². The molecule has 0 fully saturated rings. The highest BCUT2D eigenvalue weighted by molar-refractivity contribution is 9.11. The summed E-state index contributed by atoms with van der Waals surface area (Å²) in [6, 6.07) is 10.7. The summed E-state index contributed by atoms with van der Waals surface area (Å²) in [6.45, 7) is 0. The first-order chi connectivity index (χ1) is 10.5. The van der Waals surface area contributed by atoms with Gasteiger partial charge in [-0.2, -0.15) is 0 Å². The van der Waals surface area contributed by atoms with Gasteiger partial charge >= 0.3 is 0 Å². The molecule has 0 aliphatic rings. The van der Waals surface area contributed by atoms with Crippen molar-refractivity contribution in [2.45, 2.75) is 6.10 Å². The van der Waals surface area contributed by atoms with Gasteiger partial charge in [0.1, 0.15) is 16.3 Å². The molecule has 0 saturated carbocycles. The van der Waals surface area contributed by atoms with E-state index in [-0.39, 0.29) is 0 Å². The van der Waals surface area contributed by atoms with Gasteiger partial charge in [0.15, 0.2) is 11.3 Å². The summed E-state index contributed by atoms with van der Waals surface area (Å²) < 4.78 is 12.6. The third-order valence-electron chi connectivity index (χ3n) is 3.34. The zero-order valence-electron chi connectivity index (χ0n) is 11.4. The summed E-state index contributed by atoms with van der Waals surface area (Å²) in [5.41, 5.74) is 1.34. The molecule has 1 atom stereocenters. The summed E-state index contributed by atoms with van der Waals surface area (Å²) in [7, 11) is 1.59. The van der Waals surface area contributed by atoms with Crippen LogP contribution in [0.2, 0.25) is 5.02 Å². The van der Waals surface area contributed by atoms with Crippen LogP contribution < -0.4 is 4.74 Å². The molecule has 3 rings (SSSR count). The number of aliphatic hydroxyl groups excluding tert-OH is 1. The van der Waals surface area contributed by atoms with Gasteiger partial charge in [-0.1, -0.05) is 23.7 Å². The van der Waals surface area contributed by atoms with Gasteiger partial charge in [0.25, 0.3) is 0 Å². The van der Waals surface area contributed by atoms with Gasteiger partial charge in [0, 0.05) is 10.4 Å². The second kappa shape index (κ2) is 6.24. The largest absolute Gasteiger partial charge is 0.494 e. The Balaban J connectivity index is 2.08. The number of methoxy groups -OCH3 is 1. The lowest BCUT2D eigenvalue weighted by molar-refractivity contribution is 0.192. The zero-order chi connectivity index (χ0) is 15.9. The van der Waals surface area contributed by atoms with E-state index in [9.17, 15) is 5.11 Å². The quantitative estimate of drug-likeness (QED) is 0.561. The fourth-order valence-electron chi connectivity index (χ4n) is 2.25. The van der Waals surface area contributed by atoms with Crippen LogP contribution in [0.25, 0.3) is 11.0 Å². The Morgan fingerprint density at radius 1 is 1.18 bits per heavy atom. The average Bonchev–Trinajstić information content (AvgIpc) is 2.92. The Hall–Kier alpha value is -1.01. The lowest BCUT2D eigenvalue weighted by Crippen LogP contribution is -1.97. The molecule has 3 nitrogen and oxygen atoms in total. The maximum Gasteiger partial charge on any atom is 0.152 e. The summed E-state index contributed by atoms with van der Waals surface area (Å²) in [6.07, 6.45) is -0.860. The maximum atomic E-state index is 10.5. The number of benzene rings is 2. The molecule has 0 bridgehead atoms. The van der Waals surface area contributed by atoms with Crippen molar-refractivity contribution in [2.24, 2.45) is 0 Å². The Morgan fingerprint density at radius 2 is 1.86 bits per heavy atom. The molecule has 0 aliphatic carbocycles. The molecule has 0 spiro atoms. The van der Waals surface area contributed by atoms with Crippen molar-refractivity contribution in [3.8, 4) is 5.75 Å². The highest BCUT2D eigenvalue weighted by Crippen LogP contribution is 2.42. The molecule has 2 aromatic carbocycles. The van der Waals surface area contributed by atoms with Gasteiger partial charge in [0.2, 0.25) is 0 Å². The number of furan rings is 1. The molecule has 6 heteroatoms. The maximum absolute atomic E-state index is 10.5. The molecule has 0 radical (unpaired) electrons. The number of aliphatic hydroxyl groups is 1. The van der Waals surface area contributed by atoms with Gasteiger partial charge in [-0.3, -0.25) is 0 Å². The highest BCUT2D eigenvalue weighted by Gasteiger charge is 2.19. The van der Waals surface area contributed by atoms with Crippen LogP contribution in [0.5, 0.6) is 5.75 Å². The van der Waals surface area contributed by atoms with E-state index in [4.69, 9.17) is 20.8 Å². The van der Waals surface area contributed by atoms with E-state index in [1.807, 2.05) is 12.1 Å². The number of rotatable bonds is 3. The van der Waals surface area contributed by atoms with Crippen LogP contribution in [-0.2, 0) is 0 Å². The van der Waals surface area contributed by atoms with Crippen LogP contribution in [0.4, 0.5) is 0 Å². The minimum atomic E-state index is -0.860. The van der Waals surface area contributed by atoms with Crippen molar-refractivity contribution in [1.29, 1.82) is 0 Å². The van der Waals surface area contributed by atoms with E-state index in [1.165, 1.54) is 0 Å². The average molecular weight is 447 g/mol. The van der Waals surface area contributed by atoms with Gasteiger partial charge in [0.05, 0.1) is 11.6 Å². The van der Waals surface area contributed by atoms with Crippen molar-refractivity contribution >= 4 is 54.4 Å². The Morgan fingerprint density at radius 3 is 2.50 bits per heavy atom. The van der Waals surface area contributed by atoms with Crippen molar-refractivity contribution < 1.29 is 14.3 Å². The van der Waals surface area contributed by atoms with E-state index < -0.39 is 6.10 Å². The van der Waals surface area contributed by atoms with E-state index in [0.717, 1.165) is 9.86 Å². The van der Waals surface area contributed by atoms with Crippen LogP contribution in [0.3, 0.4) is 0 Å². The molecule has 3 aromatic rings. The molecule has 1 aromatic heterocycles. The predicted octanol–water partition coefficient (Wildman–Crippen LogP) is 5.70. The Bertz CT molecular complexity index is 828. The zero-order valence-corrected chi connectivity index (χ0v) is 15.4. The molecular weight excluding hydrogens is 435 g/mol. The third kappa shape index (κ3) is 2.78. The molecule has 22 heavy (non-hydrogen) atoms. The van der Waals surface area contributed by atoms with Crippen LogP contribution in [0.1, 0.15) is 17.4 Å². The van der Waals surface area contributed by atoms with Gasteiger partial charge in [-0.15, -0.1) is 0 Å². The van der Waals surface area contributed by atoms with Crippen molar-refractivity contribution in [2.75, 3.05) is 7.11 Å². The fourth-order valence-corrected chi connectivity index (χ4v) is 3.93.